The van der Waals surface area contributed by atoms with E-state index in [-0.39, 0.29) is 25.1 Å². The lowest BCUT2D eigenvalue weighted by molar-refractivity contribution is -0.142. The van der Waals surface area contributed by atoms with Crippen LogP contribution in [0.2, 0.25) is 0 Å². The Morgan fingerprint density at radius 2 is 1.77 bits per heavy atom. The maximum atomic E-state index is 12.4. The molecule has 1 aromatic rings. The quantitative estimate of drug-likeness (QED) is 0.115. The molecule has 1 rings (SSSR count). The lowest BCUT2D eigenvalue weighted by Crippen LogP contribution is -2.48. The van der Waals surface area contributed by atoms with E-state index in [1.165, 1.54) is 0 Å². The van der Waals surface area contributed by atoms with Gasteiger partial charge in [-0.15, -0.1) is 0 Å². The molecule has 9 heteroatoms. The Morgan fingerprint density at radius 1 is 1.03 bits per heavy atom. The summed E-state index contributed by atoms with van der Waals surface area (Å²) in [6, 6.07) is 9.44. The molecule has 0 fully saturated rings. The zero-order valence-electron chi connectivity index (χ0n) is 17.5. The van der Waals surface area contributed by atoms with Crippen molar-refractivity contribution in [2.45, 2.75) is 57.8 Å². The van der Waals surface area contributed by atoms with Gasteiger partial charge >= 0.3 is 0 Å². The zero-order valence-corrected chi connectivity index (χ0v) is 17.5. The molecule has 1 atom stereocenters. The molecule has 168 valence electrons. The van der Waals surface area contributed by atoms with Gasteiger partial charge in [-0.05, 0) is 31.2 Å². The Morgan fingerprint density at radius 3 is 2.47 bits per heavy atom. The first-order valence-corrected chi connectivity index (χ1v) is 10.4. The molecule has 0 spiro atoms. The molecule has 1 aromatic carbocycles. The third kappa shape index (κ3) is 12.7. The van der Waals surface area contributed by atoms with Crippen LogP contribution in [-0.4, -0.2) is 48.8 Å². The summed E-state index contributed by atoms with van der Waals surface area (Å²) in [5, 5.41) is 14.2. The first-order chi connectivity index (χ1) is 14.5. The molecule has 0 radical (unpaired) electrons. The number of aliphatic hydroxyl groups excluding tert-OH is 1. The van der Waals surface area contributed by atoms with Gasteiger partial charge in [0.05, 0.1) is 6.61 Å². The lowest BCUT2D eigenvalue weighted by Gasteiger charge is -2.19. The van der Waals surface area contributed by atoms with Crippen LogP contribution >= 0.6 is 0 Å². The Balaban J connectivity index is 2.41. The fraction of sp³-hybridized carbons (Fsp3) is 0.571. The summed E-state index contributed by atoms with van der Waals surface area (Å²) in [7, 11) is 0. The highest BCUT2D eigenvalue weighted by atomic mass is 16.5. The van der Waals surface area contributed by atoms with Gasteiger partial charge in [0.25, 0.3) is 5.91 Å². The maximum Gasteiger partial charge on any atom is 0.270 e. The minimum atomic E-state index is -1.06. The molecule has 7 N–H and O–H groups in total. The molecule has 0 saturated carbocycles. The van der Waals surface area contributed by atoms with E-state index in [2.05, 4.69) is 15.6 Å². The second-order valence-electron chi connectivity index (χ2n) is 6.94. The van der Waals surface area contributed by atoms with Crippen LogP contribution in [0.1, 0.15) is 50.5 Å². The molecule has 0 heterocycles. The van der Waals surface area contributed by atoms with Crippen molar-refractivity contribution < 1.29 is 19.4 Å². The summed E-state index contributed by atoms with van der Waals surface area (Å²) in [6.07, 6.45) is 3.86. The Labute approximate surface area is 178 Å². The van der Waals surface area contributed by atoms with Crippen LogP contribution in [0.4, 0.5) is 0 Å². The van der Waals surface area contributed by atoms with Crippen LogP contribution in [0.5, 0.6) is 0 Å². The van der Waals surface area contributed by atoms with E-state index in [1.807, 2.05) is 30.3 Å². The van der Waals surface area contributed by atoms with Crippen molar-refractivity contribution in [1.29, 1.82) is 0 Å². The van der Waals surface area contributed by atoms with Crippen molar-refractivity contribution in [3.05, 3.63) is 35.9 Å². The van der Waals surface area contributed by atoms with Gasteiger partial charge in [-0.3, -0.25) is 14.6 Å². The molecule has 0 bridgehead atoms. The number of hydrogen-bond donors (Lipinski definition) is 5. The number of benzene rings is 1. The summed E-state index contributed by atoms with van der Waals surface area (Å²) in [4.78, 5) is 28.6. The van der Waals surface area contributed by atoms with E-state index in [9.17, 15) is 9.59 Å². The molecule has 0 aliphatic carbocycles. The van der Waals surface area contributed by atoms with Crippen molar-refractivity contribution in [3.63, 3.8) is 0 Å². The summed E-state index contributed by atoms with van der Waals surface area (Å²) < 4.78 is 5.67. The largest absolute Gasteiger partial charge is 0.396 e. The fourth-order valence-electron chi connectivity index (χ4n) is 2.66. The number of guanidine groups is 1. The number of nitrogens with two attached hydrogens (primary N) is 2. The van der Waals surface area contributed by atoms with Gasteiger partial charge in [0.2, 0.25) is 12.1 Å². The average Bonchev–Trinajstić information content (AvgIpc) is 2.73. The number of hydrogen-bond acceptors (Lipinski definition) is 5. The van der Waals surface area contributed by atoms with Crippen LogP contribution in [0.15, 0.2) is 35.3 Å². The monoisotopic (exact) mass is 421 g/mol. The van der Waals surface area contributed by atoms with E-state index in [1.54, 1.807) is 0 Å². The minimum Gasteiger partial charge on any atom is -0.396 e. The van der Waals surface area contributed by atoms with Gasteiger partial charge in [0, 0.05) is 26.1 Å². The van der Waals surface area contributed by atoms with Gasteiger partial charge < -0.3 is 31.9 Å². The summed E-state index contributed by atoms with van der Waals surface area (Å²) in [6.45, 7) is 1.28. The number of ether oxygens (including phenoxy) is 1. The Hall–Kier alpha value is -2.65. The second-order valence-corrected chi connectivity index (χ2v) is 6.94. The van der Waals surface area contributed by atoms with Crippen LogP contribution in [0.3, 0.4) is 0 Å². The molecular weight excluding hydrogens is 386 g/mol. The molecule has 1 unspecified atom stereocenters. The molecule has 30 heavy (non-hydrogen) atoms. The van der Waals surface area contributed by atoms with Crippen LogP contribution < -0.4 is 22.1 Å². The van der Waals surface area contributed by atoms with E-state index >= 15 is 0 Å². The zero-order chi connectivity index (χ0) is 22.0. The predicted molar refractivity (Wildman–Crippen MR) is 116 cm³/mol. The Bertz CT molecular complexity index is 636. The van der Waals surface area contributed by atoms with Crippen molar-refractivity contribution in [2.24, 2.45) is 16.5 Å². The number of carbonyl (C=O) groups excluding carboxylic acids is 2. The molecule has 2 amide bonds. The van der Waals surface area contributed by atoms with Gasteiger partial charge in [0.15, 0.2) is 5.96 Å². The molecule has 0 aliphatic heterocycles. The second kappa shape index (κ2) is 16.2. The van der Waals surface area contributed by atoms with Gasteiger partial charge in [-0.25, -0.2) is 0 Å². The molecule has 0 aromatic heterocycles. The average molecular weight is 422 g/mol. The first-order valence-electron chi connectivity index (χ1n) is 10.4. The van der Waals surface area contributed by atoms with Crippen molar-refractivity contribution in [1.82, 2.24) is 10.6 Å². The normalized spacial score (nSPS) is 11.5. The lowest BCUT2D eigenvalue weighted by atomic mass is 10.1. The maximum absolute atomic E-state index is 12.4. The first kappa shape index (κ1) is 25.4. The van der Waals surface area contributed by atoms with E-state index in [0.29, 0.717) is 38.8 Å². The molecule has 0 aliphatic rings. The number of nitrogens with one attached hydrogen (secondary N) is 2. The van der Waals surface area contributed by atoms with Gasteiger partial charge in [0.1, 0.15) is 0 Å². The van der Waals surface area contributed by atoms with Gasteiger partial charge in [-0.2, -0.15) is 0 Å². The predicted octanol–water partition coefficient (Wildman–Crippen LogP) is 0.758. The number of aliphatic imine (C=N–C) groups is 1. The SMILES string of the molecule is NC(N)=NCCCCCCC(=O)NC(OCc1ccccc1)C(=O)NCCCCO. The molecular formula is C21H35N5O4. The third-order valence-electron chi connectivity index (χ3n) is 4.28. The van der Waals surface area contributed by atoms with E-state index in [0.717, 1.165) is 24.8 Å². The highest BCUT2D eigenvalue weighted by molar-refractivity contribution is 5.86. The number of amides is 2. The number of carbonyl (C=O) groups is 2. The summed E-state index contributed by atoms with van der Waals surface area (Å²) in [5.74, 6) is -0.539. The standard InChI is InChI=1S/C21H35N5O4/c22-21(23)25-14-7-2-1-6-12-18(28)26-20(19(29)24-13-8-9-15-27)30-16-17-10-4-3-5-11-17/h3-5,10-11,20,27H,1-2,6-9,12-16H2,(H,24,29)(H,26,28)(H4,22,23,25). The van der Waals surface area contributed by atoms with Crippen LogP contribution in [0.25, 0.3) is 0 Å². The highest BCUT2D eigenvalue weighted by Crippen LogP contribution is 2.06. The minimum absolute atomic E-state index is 0.0759. The van der Waals surface area contributed by atoms with Crippen LogP contribution in [-0.2, 0) is 20.9 Å². The highest BCUT2D eigenvalue weighted by Gasteiger charge is 2.21. The number of aliphatic hydroxyl groups is 1. The van der Waals surface area contributed by atoms with Crippen molar-refractivity contribution in [2.75, 3.05) is 19.7 Å². The molecule has 0 saturated heterocycles. The van der Waals surface area contributed by atoms with Gasteiger partial charge in [-0.1, -0.05) is 43.2 Å². The van der Waals surface area contributed by atoms with E-state index in [4.69, 9.17) is 21.3 Å². The van der Waals surface area contributed by atoms with E-state index < -0.39 is 12.1 Å². The smallest absolute Gasteiger partial charge is 0.270 e. The number of unbranched alkanes of at least 4 members (excludes halogenated alkanes) is 4. The fourth-order valence-corrected chi connectivity index (χ4v) is 2.66. The van der Waals surface area contributed by atoms with Crippen molar-refractivity contribution >= 4 is 17.8 Å². The van der Waals surface area contributed by atoms with Crippen molar-refractivity contribution in [3.8, 4) is 0 Å². The summed E-state index contributed by atoms with van der Waals surface area (Å²) >= 11 is 0. The third-order valence-corrected chi connectivity index (χ3v) is 4.28. The number of nitrogens with zero attached hydrogens (tertiary/aromatic N) is 1. The Kier molecular flexibility index (Phi) is 13.7. The number of rotatable bonds is 16. The summed E-state index contributed by atoms with van der Waals surface area (Å²) in [5.41, 5.74) is 11.4. The molecule has 9 nitrogen and oxygen atoms in total. The van der Waals surface area contributed by atoms with Crippen LogP contribution in [0, 0.1) is 0 Å². The topological polar surface area (TPSA) is 152 Å².